The maximum Gasteiger partial charge on any atom is 0.490 e. The average molecular weight is 431 g/mol. The molecule has 11 heteroatoms. The van der Waals surface area contributed by atoms with Gasteiger partial charge >= 0.3 is 18.4 Å². The number of imidazole rings is 1. The number of hydrogen-bond acceptors (Lipinski definition) is 3. The van der Waals surface area contributed by atoms with Crippen molar-refractivity contribution in [2.75, 3.05) is 13.2 Å². The zero-order valence-corrected chi connectivity index (χ0v) is 15.2. The van der Waals surface area contributed by atoms with Crippen LogP contribution in [0.2, 0.25) is 0 Å². The molecule has 1 aromatic heterocycles. The van der Waals surface area contributed by atoms with Crippen LogP contribution in [0.15, 0.2) is 54.9 Å². The summed E-state index contributed by atoms with van der Waals surface area (Å²) >= 11 is 0. The Morgan fingerprint density at radius 1 is 1.00 bits per heavy atom. The monoisotopic (exact) mass is 431 g/mol. The van der Waals surface area contributed by atoms with Crippen molar-refractivity contribution in [3.63, 3.8) is 0 Å². The third-order valence-electron chi connectivity index (χ3n) is 4.18. The highest BCUT2D eigenvalue weighted by molar-refractivity contribution is 5.82. The van der Waals surface area contributed by atoms with Crippen molar-refractivity contribution in [3.8, 4) is 5.75 Å². The SMILES string of the molecule is O=C(N(CCOc1cccc2c1ncn2C(F)(F)F)Cc1ccccc1)C(F)(F)F. The number of carbonyl (C=O) groups is 1. The normalized spacial score (nSPS) is 12.2. The van der Waals surface area contributed by atoms with Gasteiger partial charge in [0.2, 0.25) is 0 Å². The van der Waals surface area contributed by atoms with E-state index in [2.05, 4.69) is 4.98 Å². The predicted molar refractivity (Wildman–Crippen MR) is 94.4 cm³/mol. The fraction of sp³-hybridized carbons (Fsp3) is 0.263. The molecule has 0 radical (unpaired) electrons. The number of rotatable bonds is 6. The van der Waals surface area contributed by atoms with Gasteiger partial charge in [0.05, 0.1) is 12.1 Å². The minimum Gasteiger partial charge on any atom is -0.489 e. The van der Waals surface area contributed by atoms with Crippen LogP contribution in [0.3, 0.4) is 0 Å². The fourth-order valence-corrected chi connectivity index (χ4v) is 2.83. The number of amides is 1. The Morgan fingerprint density at radius 2 is 1.70 bits per heavy atom. The molecule has 1 amide bonds. The average Bonchev–Trinajstić information content (AvgIpc) is 3.12. The van der Waals surface area contributed by atoms with E-state index in [4.69, 9.17) is 4.74 Å². The number of halogens is 6. The maximum absolute atomic E-state index is 13.0. The predicted octanol–water partition coefficient (Wildman–Crippen LogP) is 4.48. The molecule has 0 aliphatic rings. The van der Waals surface area contributed by atoms with Gasteiger partial charge in [-0.15, -0.1) is 13.2 Å². The number of carbonyl (C=O) groups excluding carboxylic acids is 1. The van der Waals surface area contributed by atoms with Crippen LogP contribution in [-0.2, 0) is 17.6 Å². The number of benzene rings is 2. The third-order valence-corrected chi connectivity index (χ3v) is 4.18. The van der Waals surface area contributed by atoms with Crippen molar-refractivity contribution >= 4 is 16.9 Å². The lowest BCUT2D eigenvalue weighted by Gasteiger charge is -2.24. The Morgan fingerprint density at radius 3 is 2.33 bits per heavy atom. The molecule has 30 heavy (non-hydrogen) atoms. The summed E-state index contributed by atoms with van der Waals surface area (Å²) in [7, 11) is 0. The van der Waals surface area contributed by atoms with Crippen LogP contribution in [0.1, 0.15) is 5.56 Å². The molecular formula is C19H15F6N3O2. The number of para-hydroxylation sites is 1. The Kier molecular flexibility index (Phi) is 5.90. The molecule has 0 aliphatic carbocycles. The molecule has 2 aromatic carbocycles. The topological polar surface area (TPSA) is 47.4 Å². The van der Waals surface area contributed by atoms with Crippen molar-refractivity contribution in [3.05, 3.63) is 60.4 Å². The lowest BCUT2D eigenvalue weighted by Crippen LogP contribution is -2.42. The summed E-state index contributed by atoms with van der Waals surface area (Å²) in [5, 5.41) is 0. The van der Waals surface area contributed by atoms with Crippen molar-refractivity contribution < 1.29 is 35.9 Å². The van der Waals surface area contributed by atoms with Gasteiger partial charge in [0.1, 0.15) is 24.2 Å². The van der Waals surface area contributed by atoms with Crippen molar-refractivity contribution in [2.24, 2.45) is 0 Å². The lowest BCUT2D eigenvalue weighted by atomic mass is 10.2. The Bertz CT molecular complexity index is 1010. The number of ether oxygens (including phenoxy) is 1. The van der Waals surface area contributed by atoms with Crippen LogP contribution in [0.4, 0.5) is 26.3 Å². The first-order valence-corrected chi connectivity index (χ1v) is 8.63. The van der Waals surface area contributed by atoms with E-state index in [-0.39, 0.29) is 34.5 Å². The van der Waals surface area contributed by atoms with Gasteiger partial charge in [-0.2, -0.15) is 13.2 Å². The standard InChI is InChI=1S/C19H15F6N3O2/c20-18(21,22)17(29)27(11-13-5-2-1-3-6-13)9-10-30-15-8-4-7-14-16(15)26-12-28(14)19(23,24)25/h1-8,12H,9-11H2. The first kappa shape index (κ1) is 21.5. The molecular weight excluding hydrogens is 416 g/mol. The summed E-state index contributed by atoms with van der Waals surface area (Å²) in [5.41, 5.74) is 0.139. The number of aromatic nitrogens is 2. The highest BCUT2D eigenvalue weighted by Gasteiger charge is 2.42. The van der Waals surface area contributed by atoms with Crippen LogP contribution in [0.25, 0.3) is 11.0 Å². The van der Waals surface area contributed by atoms with Gasteiger partial charge < -0.3 is 9.64 Å². The zero-order valence-electron chi connectivity index (χ0n) is 15.2. The van der Waals surface area contributed by atoms with E-state index >= 15 is 0 Å². The quantitative estimate of drug-likeness (QED) is 0.541. The molecule has 0 spiro atoms. The number of hydrogen-bond donors (Lipinski definition) is 0. The van der Waals surface area contributed by atoms with Gasteiger partial charge in [-0.05, 0) is 17.7 Å². The summed E-state index contributed by atoms with van der Waals surface area (Å²) in [4.78, 5) is 16.0. The van der Waals surface area contributed by atoms with Crippen LogP contribution >= 0.6 is 0 Å². The summed E-state index contributed by atoms with van der Waals surface area (Å²) in [6.45, 7) is -1.09. The lowest BCUT2D eigenvalue weighted by molar-refractivity contribution is -0.201. The van der Waals surface area contributed by atoms with Crippen molar-refractivity contribution in [2.45, 2.75) is 19.0 Å². The Labute approximate surface area is 166 Å². The summed E-state index contributed by atoms with van der Waals surface area (Å²) < 4.78 is 83.1. The number of nitrogens with zero attached hydrogens (tertiary/aromatic N) is 3. The molecule has 1 heterocycles. The summed E-state index contributed by atoms with van der Waals surface area (Å²) in [6.07, 6.45) is -9.16. The molecule has 0 fully saturated rings. The van der Waals surface area contributed by atoms with E-state index in [9.17, 15) is 31.1 Å². The molecule has 0 N–H and O–H groups in total. The smallest absolute Gasteiger partial charge is 0.489 e. The first-order valence-electron chi connectivity index (χ1n) is 8.63. The van der Waals surface area contributed by atoms with E-state index in [1.165, 1.54) is 18.2 Å². The van der Waals surface area contributed by atoms with E-state index in [0.29, 0.717) is 16.8 Å². The minimum absolute atomic E-state index is 0.00405. The van der Waals surface area contributed by atoms with Gasteiger partial charge in [0, 0.05) is 6.54 Å². The van der Waals surface area contributed by atoms with E-state index in [1.54, 1.807) is 30.3 Å². The molecule has 0 saturated heterocycles. The maximum atomic E-state index is 13.0. The summed E-state index contributed by atoms with van der Waals surface area (Å²) in [5.74, 6) is -2.07. The third kappa shape index (κ3) is 4.84. The molecule has 3 rings (SSSR count). The minimum atomic E-state index is -5.07. The van der Waals surface area contributed by atoms with E-state index < -0.39 is 24.9 Å². The molecule has 3 aromatic rings. The molecule has 160 valence electrons. The number of fused-ring (bicyclic) bond motifs is 1. The molecule has 0 bridgehead atoms. The van der Waals surface area contributed by atoms with Gasteiger partial charge in [0.15, 0.2) is 0 Å². The second-order valence-corrected chi connectivity index (χ2v) is 6.26. The van der Waals surface area contributed by atoms with Gasteiger partial charge in [-0.3, -0.25) is 4.79 Å². The van der Waals surface area contributed by atoms with Gasteiger partial charge in [0.25, 0.3) is 0 Å². The Balaban J connectivity index is 1.75. The second-order valence-electron chi connectivity index (χ2n) is 6.26. The molecule has 5 nitrogen and oxygen atoms in total. The van der Waals surface area contributed by atoms with E-state index in [1.807, 2.05) is 0 Å². The highest BCUT2D eigenvalue weighted by Crippen LogP contribution is 2.31. The van der Waals surface area contributed by atoms with Gasteiger partial charge in [-0.25, -0.2) is 9.55 Å². The van der Waals surface area contributed by atoms with Crippen molar-refractivity contribution in [1.29, 1.82) is 0 Å². The summed E-state index contributed by atoms with van der Waals surface area (Å²) in [6, 6.07) is 11.9. The largest absolute Gasteiger partial charge is 0.490 e. The van der Waals surface area contributed by atoms with Crippen LogP contribution in [-0.4, -0.2) is 39.7 Å². The van der Waals surface area contributed by atoms with Crippen LogP contribution < -0.4 is 4.74 Å². The highest BCUT2D eigenvalue weighted by atomic mass is 19.4. The molecule has 0 saturated carbocycles. The number of alkyl halides is 6. The second kappa shape index (κ2) is 8.25. The Hall–Kier alpha value is -3.24. The molecule has 0 unspecified atom stereocenters. The first-order chi connectivity index (χ1) is 14.1. The van der Waals surface area contributed by atoms with Crippen LogP contribution in [0.5, 0.6) is 5.75 Å². The van der Waals surface area contributed by atoms with Crippen LogP contribution in [0, 0.1) is 0 Å². The molecule has 0 aliphatic heterocycles. The molecule has 0 atom stereocenters. The fourth-order valence-electron chi connectivity index (χ4n) is 2.83. The van der Waals surface area contributed by atoms with Crippen molar-refractivity contribution in [1.82, 2.24) is 14.5 Å². The zero-order chi connectivity index (χ0) is 21.9. The van der Waals surface area contributed by atoms with E-state index in [0.717, 1.165) is 0 Å². The van der Waals surface area contributed by atoms with Gasteiger partial charge in [-0.1, -0.05) is 36.4 Å².